The normalized spacial score (nSPS) is 12.3. The quantitative estimate of drug-likeness (QED) is 0.935. The number of nitrogens with two attached hydrogens (primary N) is 1. The van der Waals surface area contributed by atoms with Gasteiger partial charge in [-0.1, -0.05) is 20.8 Å². The predicted octanol–water partition coefficient (Wildman–Crippen LogP) is 3.62. The lowest BCUT2D eigenvalue weighted by atomic mass is 10.1. The molecule has 2 heterocycles. The lowest BCUT2D eigenvalue weighted by molar-refractivity contribution is 0.382. The van der Waals surface area contributed by atoms with Crippen molar-refractivity contribution in [1.29, 1.82) is 0 Å². The van der Waals surface area contributed by atoms with Crippen LogP contribution in [0.5, 0.6) is 0 Å². The molecule has 116 valence electrons. The van der Waals surface area contributed by atoms with Crippen molar-refractivity contribution in [2.75, 3.05) is 5.73 Å². The number of aromatic nitrogens is 4. The molecule has 0 aromatic carbocycles. The van der Waals surface area contributed by atoms with E-state index in [1.54, 1.807) is 0 Å². The molecule has 21 heavy (non-hydrogen) atoms. The van der Waals surface area contributed by atoms with Crippen molar-refractivity contribution in [3.63, 3.8) is 0 Å². The van der Waals surface area contributed by atoms with E-state index in [4.69, 9.17) is 10.7 Å². The smallest absolute Gasteiger partial charge is 0.132 e. The summed E-state index contributed by atoms with van der Waals surface area (Å²) >= 11 is 0. The fourth-order valence-electron chi connectivity index (χ4n) is 2.59. The molecule has 0 amide bonds. The zero-order valence-electron chi connectivity index (χ0n) is 14.0. The molecule has 0 atom stereocenters. The zero-order valence-corrected chi connectivity index (χ0v) is 14.0. The molecule has 0 saturated carbocycles. The summed E-state index contributed by atoms with van der Waals surface area (Å²) < 4.78 is 4.09. The second-order valence-electron chi connectivity index (χ2n) is 6.86. The number of hydrogen-bond donors (Lipinski definition) is 1. The Bertz CT molecular complexity index is 613. The first kappa shape index (κ1) is 15.6. The molecule has 2 aromatic rings. The molecule has 0 aliphatic carbocycles. The highest BCUT2D eigenvalue weighted by Gasteiger charge is 2.26. The Kier molecular flexibility index (Phi) is 4.12. The average molecular weight is 289 g/mol. The van der Waals surface area contributed by atoms with E-state index in [-0.39, 0.29) is 5.54 Å². The highest BCUT2D eigenvalue weighted by Crippen LogP contribution is 2.33. The summed E-state index contributed by atoms with van der Waals surface area (Å²) in [5.41, 5.74) is 8.15. The Morgan fingerprint density at radius 2 is 1.95 bits per heavy atom. The van der Waals surface area contributed by atoms with E-state index in [0.717, 1.165) is 35.9 Å². The Morgan fingerprint density at radius 3 is 2.43 bits per heavy atom. The second-order valence-corrected chi connectivity index (χ2v) is 6.86. The first-order chi connectivity index (χ1) is 9.75. The Hall–Kier alpha value is -1.78. The number of rotatable bonds is 4. The molecule has 0 radical (unpaired) electrons. The Morgan fingerprint density at radius 1 is 1.29 bits per heavy atom. The third-order valence-electron chi connectivity index (χ3n) is 3.49. The highest BCUT2D eigenvalue weighted by molar-refractivity contribution is 5.70. The first-order valence-corrected chi connectivity index (χ1v) is 7.67. The standard InChI is InChI=1S/C16H27N5/c1-7-8-20-10-12(9-18-20)13-14(17)21(16(4,5)6)15(19-13)11(2)3/h9-11H,7-8,17H2,1-6H3. The highest BCUT2D eigenvalue weighted by atomic mass is 15.3. The molecule has 0 spiro atoms. The molecule has 0 bridgehead atoms. The zero-order chi connectivity index (χ0) is 15.8. The van der Waals surface area contributed by atoms with Crippen LogP contribution in [-0.4, -0.2) is 19.3 Å². The number of aryl methyl sites for hydroxylation is 1. The maximum atomic E-state index is 6.41. The second kappa shape index (κ2) is 5.54. The third kappa shape index (κ3) is 2.96. The summed E-state index contributed by atoms with van der Waals surface area (Å²) in [7, 11) is 0. The van der Waals surface area contributed by atoms with Gasteiger partial charge in [0.2, 0.25) is 0 Å². The average Bonchev–Trinajstić information content (AvgIpc) is 2.93. The fraction of sp³-hybridized carbons (Fsp3) is 0.625. The van der Waals surface area contributed by atoms with Gasteiger partial charge in [-0.15, -0.1) is 0 Å². The van der Waals surface area contributed by atoms with Crippen molar-refractivity contribution >= 4 is 5.82 Å². The first-order valence-electron chi connectivity index (χ1n) is 7.67. The van der Waals surface area contributed by atoms with E-state index < -0.39 is 0 Å². The van der Waals surface area contributed by atoms with E-state index in [2.05, 4.69) is 51.2 Å². The molecule has 0 unspecified atom stereocenters. The summed E-state index contributed by atoms with van der Waals surface area (Å²) in [5, 5.41) is 4.38. The molecule has 2 aromatic heterocycles. The molecule has 2 N–H and O–H groups in total. The summed E-state index contributed by atoms with van der Waals surface area (Å²) in [4.78, 5) is 4.80. The maximum Gasteiger partial charge on any atom is 0.132 e. The molecule has 0 aliphatic heterocycles. The van der Waals surface area contributed by atoms with Gasteiger partial charge < -0.3 is 10.3 Å². The molecule has 5 nitrogen and oxygen atoms in total. The molecule has 2 rings (SSSR count). The summed E-state index contributed by atoms with van der Waals surface area (Å²) in [6, 6.07) is 0. The van der Waals surface area contributed by atoms with E-state index >= 15 is 0 Å². The van der Waals surface area contributed by atoms with Crippen LogP contribution >= 0.6 is 0 Å². The predicted molar refractivity (Wildman–Crippen MR) is 87.2 cm³/mol. The van der Waals surface area contributed by atoms with Gasteiger partial charge in [0, 0.05) is 29.8 Å². The van der Waals surface area contributed by atoms with Crippen LogP contribution < -0.4 is 5.73 Å². The molecular formula is C16H27N5. The Balaban J connectivity index is 2.54. The summed E-state index contributed by atoms with van der Waals surface area (Å²) in [5.74, 6) is 2.08. The minimum Gasteiger partial charge on any atom is -0.383 e. The molecule has 0 saturated heterocycles. The van der Waals surface area contributed by atoms with Crippen LogP contribution in [0.4, 0.5) is 5.82 Å². The Labute approximate surface area is 127 Å². The number of nitrogens with zero attached hydrogens (tertiary/aromatic N) is 4. The van der Waals surface area contributed by atoms with E-state index in [1.165, 1.54) is 0 Å². The maximum absolute atomic E-state index is 6.41. The molecular weight excluding hydrogens is 262 g/mol. The van der Waals surface area contributed by atoms with Crippen molar-refractivity contribution in [2.45, 2.75) is 66.0 Å². The SMILES string of the molecule is CCCn1cc(-c2nc(C(C)C)n(C(C)(C)C)c2N)cn1. The number of hydrogen-bond acceptors (Lipinski definition) is 3. The van der Waals surface area contributed by atoms with E-state index in [0.29, 0.717) is 5.92 Å². The summed E-state index contributed by atoms with van der Waals surface area (Å²) in [6.45, 7) is 13.8. The van der Waals surface area contributed by atoms with Crippen LogP contribution in [-0.2, 0) is 12.1 Å². The summed E-state index contributed by atoms with van der Waals surface area (Å²) in [6.07, 6.45) is 4.94. The van der Waals surface area contributed by atoms with Gasteiger partial charge in [-0.2, -0.15) is 5.10 Å². The topological polar surface area (TPSA) is 61.7 Å². The van der Waals surface area contributed by atoms with Crippen molar-refractivity contribution < 1.29 is 0 Å². The van der Waals surface area contributed by atoms with Gasteiger partial charge in [-0.3, -0.25) is 4.68 Å². The largest absolute Gasteiger partial charge is 0.383 e. The third-order valence-corrected chi connectivity index (χ3v) is 3.49. The van der Waals surface area contributed by atoms with Crippen LogP contribution in [0.15, 0.2) is 12.4 Å². The molecule has 5 heteroatoms. The van der Waals surface area contributed by atoms with Gasteiger partial charge in [0.15, 0.2) is 0 Å². The van der Waals surface area contributed by atoms with Gasteiger partial charge in [0.25, 0.3) is 0 Å². The van der Waals surface area contributed by atoms with Crippen molar-refractivity contribution in [3.8, 4) is 11.3 Å². The van der Waals surface area contributed by atoms with Gasteiger partial charge in [0.1, 0.15) is 17.3 Å². The van der Waals surface area contributed by atoms with Crippen molar-refractivity contribution in [3.05, 3.63) is 18.2 Å². The van der Waals surface area contributed by atoms with Gasteiger partial charge >= 0.3 is 0 Å². The van der Waals surface area contributed by atoms with Gasteiger partial charge in [-0.05, 0) is 27.2 Å². The molecule has 0 aliphatic rings. The van der Waals surface area contributed by atoms with Gasteiger partial charge in [-0.25, -0.2) is 4.98 Å². The van der Waals surface area contributed by atoms with Crippen LogP contribution in [0.3, 0.4) is 0 Å². The number of anilines is 1. The van der Waals surface area contributed by atoms with Crippen LogP contribution in [0, 0.1) is 0 Å². The van der Waals surface area contributed by atoms with Crippen LogP contribution in [0.1, 0.15) is 59.7 Å². The minimum absolute atomic E-state index is 0.0889. The molecule has 0 fully saturated rings. The van der Waals surface area contributed by atoms with E-state index in [1.807, 2.05) is 17.1 Å². The van der Waals surface area contributed by atoms with Crippen molar-refractivity contribution in [2.24, 2.45) is 0 Å². The van der Waals surface area contributed by atoms with E-state index in [9.17, 15) is 0 Å². The monoisotopic (exact) mass is 289 g/mol. The van der Waals surface area contributed by atoms with Crippen molar-refractivity contribution in [1.82, 2.24) is 19.3 Å². The lowest BCUT2D eigenvalue weighted by Crippen LogP contribution is -2.26. The number of imidazole rings is 1. The fourth-order valence-corrected chi connectivity index (χ4v) is 2.59. The van der Waals surface area contributed by atoms with Crippen LogP contribution in [0.25, 0.3) is 11.3 Å². The number of nitrogen functional groups attached to an aromatic ring is 1. The minimum atomic E-state index is -0.0889. The van der Waals surface area contributed by atoms with Crippen LogP contribution in [0.2, 0.25) is 0 Å². The van der Waals surface area contributed by atoms with Gasteiger partial charge in [0.05, 0.1) is 6.20 Å². The lowest BCUT2D eigenvalue weighted by Gasteiger charge is -2.26.